The fourth-order valence-corrected chi connectivity index (χ4v) is 3.02. The molecule has 1 aromatic carbocycles. The highest BCUT2D eigenvalue weighted by Crippen LogP contribution is 2.31. The van der Waals surface area contributed by atoms with Crippen LogP contribution in [0, 0.1) is 6.92 Å². The predicted octanol–water partition coefficient (Wildman–Crippen LogP) is 1.82. The van der Waals surface area contributed by atoms with Crippen LogP contribution >= 0.6 is 0 Å². The van der Waals surface area contributed by atoms with Gasteiger partial charge in [0.15, 0.2) is 6.10 Å². The Labute approximate surface area is 149 Å². The first-order chi connectivity index (χ1) is 11.8. The van der Waals surface area contributed by atoms with Crippen LogP contribution in [0.5, 0.6) is 0 Å². The smallest absolute Gasteiger partial charge is 0.252 e. The molecular weight excluding hydrogens is 320 g/mol. The number of nitrogens with zero attached hydrogens (tertiary/aromatic N) is 1. The zero-order valence-corrected chi connectivity index (χ0v) is 15.7. The topological polar surface area (TPSA) is 67.9 Å². The summed E-state index contributed by atoms with van der Waals surface area (Å²) in [4.78, 5) is 26.6. The Morgan fingerprint density at radius 2 is 2.08 bits per heavy atom. The van der Waals surface area contributed by atoms with Crippen molar-refractivity contribution in [3.05, 3.63) is 35.4 Å². The molecule has 25 heavy (non-hydrogen) atoms. The lowest BCUT2D eigenvalue weighted by Crippen LogP contribution is -2.57. The standard InChI is InChI=1S/C19H28N2O4/c1-6-24-12-19(3,4)20-18(23)17-16(21(5)15(22)11-25-17)14-10-8-7-9-13(14)2/h7-10,16-17H,6,11-12H2,1-5H3,(H,20,23)/t16-,17+/m1/s1. The first-order valence-corrected chi connectivity index (χ1v) is 8.59. The van der Waals surface area contributed by atoms with Crippen LogP contribution in [0.1, 0.15) is 37.9 Å². The number of benzene rings is 1. The summed E-state index contributed by atoms with van der Waals surface area (Å²) >= 11 is 0. The van der Waals surface area contributed by atoms with Gasteiger partial charge in [-0.1, -0.05) is 24.3 Å². The zero-order valence-electron chi connectivity index (χ0n) is 15.7. The van der Waals surface area contributed by atoms with E-state index in [0.717, 1.165) is 11.1 Å². The van der Waals surface area contributed by atoms with E-state index < -0.39 is 17.7 Å². The summed E-state index contributed by atoms with van der Waals surface area (Å²) in [5, 5.41) is 2.99. The van der Waals surface area contributed by atoms with Gasteiger partial charge in [-0.25, -0.2) is 0 Å². The van der Waals surface area contributed by atoms with Gasteiger partial charge in [0, 0.05) is 13.7 Å². The molecule has 2 amide bonds. The van der Waals surface area contributed by atoms with Crippen molar-refractivity contribution in [2.45, 2.75) is 45.4 Å². The number of rotatable bonds is 6. The van der Waals surface area contributed by atoms with Gasteiger partial charge in [0.2, 0.25) is 5.91 Å². The van der Waals surface area contributed by atoms with Crippen molar-refractivity contribution >= 4 is 11.8 Å². The van der Waals surface area contributed by atoms with E-state index in [0.29, 0.717) is 13.2 Å². The van der Waals surface area contributed by atoms with Gasteiger partial charge in [0.1, 0.15) is 6.61 Å². The van der Waals surface area contributed by atoms with E-state index in [1.54, 1.807) is 11.9 Å². The molecule has 0 spiro atoms. The number of carbonyl (C=O) groups is 2. The minimum absolute atomic E-state index is 0.0944. The van der Waals surface area contributed by atoms with Gasteiger partial charge in [-0.05, 0) is 38.8 Å². The van der Waals surface area contributed by atoms with Crippen LogP contribution in [0.25, 0.3) is 0 Å². The molecular formula is C19H28N2O4. The molecule has 1 saturated heterocycles. The lowest BCUT2D eigenvalue weighted by Gasteiger charge is -2.40. The van der Waals surface area contributed by atoms with Gasteiger partial charge >= 0.3 is 0 Å². The van der Waals surface area contributed by atoms with Gasteiger partial charge in [-0.2, -0.15) is 0 Å². The number of likely N-dealkylation sites (N-methyl/N-ethyl adjacent to an activating group) is 1. The van der Waals surface area contributed by atoms with Crippen LogP contribution in [0.4, 0.5) is 0 Å². The van der Waals surface area contributed by atoms with E-state index in [4.69, 9.17) is 9.47 Å². The van der Waals surface area contributed by atoms with Gasteiger partial charge in [-0.15, -0.1) is 0 Å². The SMILES string of the molecule is CCOCC(C)(C)NC(=O)[C@H]1OCC(=O)N(C)[C@@H]1c1ccccc1C. The van der Waals surface area contributed by atoms with E-state index in [1.807, 2.05) is 52.0 Å². The van der Waals surface area contributed by atoms with Gasteiger partial charge in [0.05, 0.1) is 18.2 Å². The summed E-state index contributed by atoms with van der Waals surface area (Å²) in [6.07, 6.45) is -0.760. The maximum Gasteiger partial charge on any atom is 0.252 e. The molecule has 0 saturated carbocycles. The summed E-state index contributed by atoms with van der Waals surface area (Å²) in [7, 11) is 1.72. The normalized spacial score (nSPS) is 21.3. The van der Waals surface area contributed by atoms with Crippen molar-refractivity contribution in [2.75, 3.05) is 26.9 Å². The molecule has 1 N–H and O–H groups in total. The Kier molecular flexibility index (Phi) is 6.19. The fourth-order valence-electron chi connectivity index (χ4n) is 3.02. The minimum Gasteiger partial charge on any atom is -0.379 e. The van der Waals surface area contributed by atoms with Crippen molar-refractivity contribution < 1.29 is 19.1 Å². The van der Waals surface area contributed by atoms with Crippen molar-refractivity contribution in [2.24, 2.45) is 0 Å². The molecule has 1 fully saturated rings. The van der Waals surface area contributed by atoms with Crippen LogP contribution in [-0.2, 0) is 19.1 Å². The molecule has 6 nitrogen and oxygen atoms in total. The average Bonchev–Trinajstić information content (AvgIpc) is 2.56. The molecule has 0 unspecified atom stereocenters. The molecule has 6 heteroatoms. The van der Waals surface area contributed by atoms with E-state index in [9.17, 15) is 9.59 Å². The average molecular weight is 348 g/mol. The Bertz CT molecular complexity index is 630. The predicted molar refractivity (Wildman–Crippen MR) is 95.1 cm³/mol. The zero-order chi connectivity index (χ0) is 18.6. The Morgan fingerprint density at radius 1 is 1.40 bits per heavy atom. The molecule has 0 aromatic heterocycles. The van der Waals surface area contributed by atoms with Crippen molar-refractivity contribution in [1.82, 2.24) is 10.2 Å². The fraction of sp³-hybridized carbons (Fsp3) is 0.579. The molecule has 2 rings (SSSR count). The summed E-state index contributed by atoms with van der Waals surface area (Å²) in [6.45, 7) is 8.59. The molecule has 1 aliphatic rings. The maximum absolute atomic E-state index is 12.9. The van der Waals surface area contributed by atoms with Crippen molar-refractivity contribution in [1.29, 1.82) is 0 Å². The van der Waals surface area contributed by atoms with Crippen LogP contribution in [0.2, 0.25) is 0 Å². The first-order valence-electron chi connectivity index (χ1n) is 8.59. The van der Waals surface area contributed by atoms with E-state index in [1.165, 1.54) is 0 Å². The number of carbonyl (C=O) groups excluding carboxylic acids is 2. The third-order valence-corrected chi connectivity index (χ3v) is 4.38. The lowest BCUT2D eigenvalue weighted by molar-refractivity contribution is -0.163. The number of hydrogen-bond donors (Lipinski definition) is 1. The molecule has 1 aliphatic heterocycles. The summed E-state index contributed by atoms with van der Waals surface area (Å²) < 4.78 is 11.1. The molecule has 0 aliphatic carbocycles. The van der Waals surface area contributed by atoms with E-state index in [-0.39, 0.29) is 18.4 Å². The molecule has 1 aromatic rings. The van der Waals surface area contributed by atoms with Crippen LogP contribution in [-0.4, -0.2) is 55.2 Å². The Hall–Kier alpha value is -1.92. The second kappa shape index (κ2) is 7.97. The highest BCUT2D eigenvalue weighted by atomic mass is 16.5. The second-order valence-corrected chi connectivity index (χ2v) is 7.05. The third-order valence-electron chi connectivity index (χ3n) is 4.38. The molecule has 2 atom stereocenters. The van der Waals surface area contributed by atoms with Gasteiger partial charge in [-0.3, -0.25) is 9.59 Å². The van der Waals surface area contributed by atoms with Crippen molar-refractivity contribution in [3.63, 3.8) is 0 Å². The number of hydrogen-bond acceptors (Lipinski definition) is 4. The van der Waals surface area contributed by atoms with Crippen LogP contribution < -0.4 is 5.32 Å². The monoisotopic (exact) mass is 348 g/mol. The Morgan fingerprint density at radius 3 is 2.72 bits per heavy atom. The highest BCUT2D eigenvalue weighted by Gasteiger charge is 2.41. The summed E-state index contributed by atoms with van der Waals surface area (Å²) in [5.74, 6) is -0.372. The summed E-state index contributed by atoms with van der Waals surface area (Å²) in [5.41, 5.74) is 1.41. The van der Waals surface area contributed by atoms with Crippen LogP contribution in [0.3, 0.4) is 0 Å². The first kappa shape index (κ1) is 19.4. The highest BCUT2D eigenvalue weighted by molar-refractivity contribution is 5.86. The number of amides is 2. The largest absolute Gasteiger partial charge is 0.379 e. The van der Waals surface area contributed by atoms with Crippen LogP contribution in [0.15, 0.2) is 24.3 Å². The minimum atomic E-state index is -0.760. The number of morpholine rings is 1. The van der Waals surface area contributed by atoms with Crippen molar-refractivity contribution in [3.8, 4) is 0 Å². The maximum atomic E-state index is 12.9. The Balaban J connectivity index is 2.26. The molecule has 0 radical (unpaired) electrons. The van der Waals surface area contributed by atoms with E-state index >= 15 is 0 Å². The van der Waals surface area contributed by atoms with E-state index in [2.05, 4.69) is 5.32 Å². The van der Waals surface area contributed by atoms with Gasteiger partial charge < -0.3 is 19.7 Å². The molecule has 1 heterocycles. The van der Waals surface area contributed by atoms with Gasteiger partial charge in [0.25, 0.3) is 5.91 Å². The summed E-state index contributed by atoms with van der Waals surface area (Å²) in [6, 6.07) is 7.29. The molecule has 0 bridgehead atoms. The quantitative estimate of drug-likeness (QED) is 0.852. The number of aryl methyl sites for hydroxylation is 1. The second-order valence-electron chi connectivity index (χ2n) is 7.05. The lowest BCUT2D eigenvalue weighted by atomic mass is 9.93. The molecule has 138 valence electrons. The number of nitrogens with one attached hydrogen (secondary N) is 1. The third kappa shape index (κ3) is 4.58. The number of ether oxygens (including phenoxy) is 2.